The van der Waals surface area contributed by atoms with Crippen molar-refractivity contribution in [3.63, 3.8) is 0 Å². The van der Waals surface area contributed by atoms with E-state index in [1.807, 2.05) is 0 Å². The van der Waals surface area contributed by atoms with Gasteiger partial charge in [-0.1, -0.05) is 23.5 Å². The monoisotopic (exact) mass is 489 g/mol. The minimum Gasteiger partial charge on any atom is -0.381 e. The van der Waals surface area contributed by atoms with Gasteiger partial charge in [-0.25, -0.2) is 17.8 Å². The predicted octanol–water partition coefficient (Wildman–Crippen LogP) is 3.91. The van der Waals surface area contributed by atoms with Gasteiger partial charge in [0, 0.05) is 26.3 Å². The maximum absolute atomic E-state index is 13.5. The van der Waals surface area contributed by atoms with Crippen LogP contribution in [0.1, 0.15) is 31.2 Å². The molecule has 0 radical (unpaired) electrons. The molecule has 0 saturated carbocycles. The second kappa shape index (κ2) is 8.75. The van der Waals surface area contributed by atoms with Gasteiger partial charge in [0.25, 0.3) is 0 Å². The quantitative estimate of drug-likeness (QED) is 0.587. The van der Waals surface area contributed by atoms with Gasteiger partial charge in [0.15, 0.2) is 5.13 Å². The van der Waals surface area contributed by atoms with Crippen LogP contribution in [-0.2, 0) is 25.0 Å². The summed E-state index contributed by atoms with van der Waals surface area (Å²) in [7, 11) is -3.53. The number of halogens is 1. The molecule has 2 aliphatic heterocycles. The van der Waals surface area contributed by atoms with Gasteiger partial charge < -0.3 is 10.1 Å². The summed E-state index contributed by atoms with van der Waals surface area (Å²) >= 11 is 1.24. The summed E-state index contributed by atoms with van der Waals surface area (Å²) in [4.78, 5) is 18.2. The first-order valence-corrected chi connectivity index (χ1v) is 13.2. The lowest BCUT2D eigenvalue weighted by molar-refractivity contribution is -0.125. The summed E-state index contributed by atoms with van der Waals surface area (Å²) in [5.41, 5.74) is 0.525. The van der Waals surface area contributed by atoms with Crippen LogP contribution in [0.5, 0.6) is 0 Å². The number of thiazole rings is 1. The maximum atomic E-state index is 13.5. The number of aromatic nitrogens is 1. The van der Waals surface area contributed by atoms with Gasteiger partial charge in [0.2, 0.25) is 15.9 Å². The second-order valence-corrected chi connectivity index (χ2v) is 11.4. The summed E-state index contributed by atoms with van der Waals surface area (Å²) in [6.07, 6.45) is 2.71. The molecule has 1 aromatic heterocycles. The second-order valence-electron chi connectivity index (χ2n) is 8.42. The highest BCUT2D eigenvalue weighted by Gasteiger charge is 2.42. The molecule has 2 fully saturated rings. The lowest BCUT2D eigenvalue weighted by atomic mass is 9.73. The van der Waals surface area contributed by atoms with Crippen LogP contribution in [0.2, 0.25) is 0 Å². The van der Waals surface area contributed by atoms with E-state index in [9.17, 15) is 17.6 Å². The van der Waals surface area contributed by atoms with E-state index >= 15 is 0 Å². The van der Waals surface area contributed by atoms with E-state index in [2.05, 4.69) is 10.3 Å². The average molecular weight is 490 g/mol. The fourth-order valence-electron chi connectivity index (χ4n) is 4.55. The summed E-state index contributed by atoms with van der Waals surface area (Å²) in [6, 6.07) is 10.9. The molecule has 7 nitrogen and oxygen atoms in total. The number of nitrogens with zero attached hydrogens (tertiary/aromatic N) is 2. The Morgan fingerprint density at radius 1 is 1.09 bits per heavy atom. The zero-order valence-electron chi connectivity index (χ0n) is 17.9. The largest absolute Gasteiger partial charge is 0.381 e. The lowest BCUT2D eigenvalue weighted by Gasteiger charge is -2.35. The van der Waals surface area contributed by atoms with Crippen molar-refractivity contribution in [2.75, 3.05) is 31.6 Å². The van der Waals surface area contributed by atoms with Crippen LogP contribution >= 0.6 is 11.3 Å². The van der Waals surface area contributed by atoms with Crippen LogP contribution in [0.3, 0.4) is 0 Å². The van der Waals surface area contributed by atoms with E-state index < -0.39 is 15.4 Å². The predicted molar refractivity (Wildman–Crippen MR) is 124 cm³/mol. The Kier molecular flexibility index (Phi) is 5.94. The molecular formula is C23H24FN3O4S2. The average Bonchev–Trinajstić information content (AvgIpc) is 3.49. The van der Waals surface area contributed by atoms with Crippen molar-refractivity contribution >= 4 is 42.6 Å². The van der Waals surface area contributed by atoms with Crippen molar-refractivity contribution in [1.82, 2.24) is 9.29 Å². The Hall–Kier alpha value is -2.40. The summed E-state index contributed by atoms with van der Waals surface area (Å²) in [5, 5.41) is 3.33. The van der Waals surface area contributed by atoms with Gasteiger partial charge in [-0.05, 0) is 61.6 Å². The number of rotatable bonds is 5. The Bertz CT molecular complexity index is 1280. The molecule has 2 aliphatic rings. The third kappa shape index (κ3) is 4.16. The minimum absolute atomic E-state index is 0.221. The SMILES string of the molecule is O=C(Nc1nc2ccc(S(=O)(=O)N3CCCC3)cc2s1)C1(c2ccc(F)cc2)CCOCC1. The van der Waals surface area contributed by atoms with E-state index in [4.69, 9.17) is 4.74 Å². The molecular weight excluding hydrogens is 465 g/mol. The van der Waals surface area contributed by atoms with Crippen LogP contribution in [0.25, 0.3) is 10.2 Å². The molecule has 0 spiro atoms. The Labute approximate surface area is 195 Å². The topological polar surface area (TPSA) is 88.6 Å². The molecule has 174 valence electrons. The molecule has 0 aliphatic carbocycles. The fraction of sp³-hybridized carbons (Fsp3) is 0.391. The number of anilines is 1. The number of benzene rings is 2. The lowest BCUT2D eigenvalue weighted by Crippen LogP contribution is -2.44. The standard InChI is InChI=1S/C23H24FN3O4S2/c24-17-5-3-16(4-6-17)23(9-13-31-14-10-23)21(28)26-22-25-19-8-7-18(15-20(19)32-22)33(29,30)27-11-1-2-12-27/h3-8,15H,1-2,9-14H2,(H,25,26,28). The fourth-order valence-corrected chi connectivity index (χ4v) is 7.07. The normalized spacial score (nSPS) is 19.1. The van der Waals surface area contributed by atoms with E-state index in [1.165, 1.54) is 27.8 Å². The first-order chi connectivity index (χ1) is 15.9. The van der Waals surface area contributed by atoms with Crippen molar-refractivity contribution in [3.05, 3.63) is 53.8 Å². The molecule has 33 heavy (non-hydrogen) atoms. The van der Waals surface area contributed by atoms with Gasteiger partial charge >= 0.3 is 0 Å². The molecule has 10 heteroatoms. The zero-order chi connectivity index (χ0) is 23.1. The molecule has 3 heterocycles. The van der Waals surface area contributed by atoms with Crippen LogP contribution in [0.4, 0.5) is 9.52 Å². The number of nitrogens with one attached hydrogen (secondary N) is 1. The molecule has 2 aromatic carbocycles. The first kappa shape index (κ1) is 22.4. The van der Waals surface area contributed by atoms with Crippen LogP contribution in [0.15, 0.2) is 47.4 Å². The highest BCUT2D eigenvalue weighted by molar-refractivity contribution is 7.89. The molecule has 0 unspecified atom stereocenters. The highest BCUT2D eigenvalue weighted by atomic mass is 32.2. The van der Waals surface area contributed by atoms with E-state index in [0.717, 1.165) is 18.4 Å². The van der Waals surface area contributed by atoms with Crippen molar-refractivity contribution < 1.29 is 22.3 Å². The Morgan fingerprint density at radius 3 is 2.48 bits per heavy atom. The van der Waals surface area contributed by atoms with Gasteiger partial charge in [-0.15, -0.1) is 0 Å². The number of carbonyl (C=O) groups is 1. The number of hydrogen-bond acceptors (Lipinski definition) is 6. The molecule has 3 aromatic rings. The minimum atomic E-state index is -3.53. The molecule has 0 atom stereocenters. The zero-order valence-corrected chi connectivity index (χ0v) is 19.6. The summed E-state index contributed by atoms with van der Waals surface area (Å²) in [5.74, 6) is -0.575. The Balaban J connectivity index is 1.43. The van der Waals surface area contributed by atoms with Crippen molar-refractivity contribution in [2.24, 2.45) is 0 Å². The Morgan fingerprint density at radius 2 is 1.79 bits per heavy atom. The molecule has 1 amide bonds. The van der Waals surface area contributed by atoms with Crippen molar-refractivity contribution in [3.8, 4) is 0 Å². The van der Waals surface area contributed by atoms with Gasteiger partial charge in [0.1, 0.15) is 5.82 Å². The van der Waals surface area contributed by atoms with E-state index in [1.54, 1.807) is 30.3 Å². The molecule has 1 N–H and O–H groups in total. The highest BCUT2D eigenvalue weighted by Crippen LogP contribution is 2.37. The molecule has 2 saturated heterocycles. The van der Waals surface area contributed by atoms with Crippen molar-refractivity contribution in [2.45, 2.75) is 36.0 Å². The van der Waals surface area contributed by atoms with Gasteiger partial charge in [-0.3, -0.25) is 4.79 Å². The van der Waals surface area contributed by atoms with Crippen LogP contribution in [-0.4, -0.2) is 49.9 Å². The van der Waals surface area contributed by atoms with E-state index in [-0.39, 0.29) is 16.6 Å². The summed E-state index contributed by atoms with van der Waals surface area (Å²) < 4.78 is 46.9. The van der Waals surface area contributed by atoms with Crippen LogP contribution in [0, 0.1) is 5.82 Å². The van der Waals surface area contributed by atoms with Crippen LogP contribution < -0.4 is 5.32 Å². The third-order valence-electron chi connectivity index (χ3n) is 6.46. The number of carbonyl (C=O) groups excluding carboxylic acids is 1. The summed E-state index contributed by atoms with van der Waals surface area (Å²) in [6.45, 7) is 1.95. The van der Waals surface area contributed by atoms with Gasteiger partial charge in [0.05, 0.1) is 20.5 Å². The smallest absolute Gasteiger partial charge is 0.243 e. The molecule has 5 rings (SSSR count). The maximum Gasteiger partial charge on any atom is 0.243 e. The number of hydrogen-bond donors (Lipinski definition) is 1. The van der Waals surface area contributed by atoms with E-state index in [0.29, 0.717) is 54.5 Å². The van der Waals surface area contributed by atoms with Gasteiger partial charge in [-0.2, -0.15) is 4.31 Å². The first-order valence-electron chi connectivity index (χ1n) is 10.9. The number of ether oxygens (including phenoxy) is 1. The number of fused-ring (bicyclic) bond motifs is 1. The molecule has 0 bridgehead atoms. The number of sulfonamides is 1. The van der Waals surface area contributed by atoms with Crippen molar-refractivity contribution in [1.29, 1.82) is 0 Å². The number of amides is 1. The third-order valence-corrected chi connectivity index (χ3v) is 9.29.